The van der Waals surface area contributed by atoms with E-state index < -0.39 is 17.6 Å². The number of hydrogen-bond acceptors (Lipinski definition) is 2. The molecule has 22 heavy (non-hydrogen) atoms. The van der Waals surface area contributed by atoms with Crippen molar-refractivity contribution >= 4 is 23.2 Å². The summed E-state index contributed by atoms with van der Waals surface area (Å²) in [7, 11) is 0. The molecule has 2 aromatic carbocycles. The van der Waals surface area contributed by atoms with Crippen LogP contribution in [-0.4, -0.2) is 11.8 Å². The number of anilines is 2. The lowest BCUT2D eigenvalue weighted by Gasteiger charge is -2.11. The SMILES string of the molecule is Cc1cccc(C)c1NC(=O)CC(=O)Nc1ccccc1F. The second-order valence-electron chi connectivity index (χ2n) is 5.02. The molecular weight excluding hydrogens is 283 g/mol. The highest BCUT2D eigenvalue weighted by atomic mass is 19.1. The van der Waals surface area contributed by atoms with Crippen LogP contribution in [0.2, 0.25) is 0 Å². The maximum atomic E-state index is 13.4. The molecule has 2 amide bonds. The summed E-state index contributed by atoms with van der Waals surface area (Å²) in [5.41, 5.74) is 2.60. The highest BCUT2D eigenvalue weighted by Gasteiger charge is 2.13. The van der Waals surface area contributed by atoms with E-state index in [1.54, 1.807) is 6.07 Å². The minimum atomic E-state index is -0.561. The summed E-state index contributed by atoms with van der Waals surface area (Å²) in [5.74, 6) is -1.54. The van der Waals surface area contributed by atoms with E-state index in [1.807, 2.05) is 32.0 Å². The number of aryl methyl sites for hydroxylation is 2. The minimum Gasteiger partial charge on any atom is -0.325 e. The Balaban J connectivity index is 1.98. The average molecular weight is 300 g/mol. The number of carbonyl (C=O) groups is 2. The van der Waals surface area contributed by atoms with E-state index in [2.05, 4.69) is 10.6 Å². The molecule has 0 aliphatic carbocycles. The summed E-state index contributed by atoms with van der Waals surface area (Å²) >= 11 is 0. The Hall–Kier alpha value is -2.69. The van der Waals surface area contributed by atoms with E-state index in [0.717, 1.165) is 11.1 Å². The third-order valence-electron chi connectivity index (χ3n) is 3.21. The summed E-state index contributed by atoms with van der Waals surface area (Å²) in [6, 6.07) is 11.5. The van der Waals surface area contributed by atoms with Crippen LogP contribution in [0.4, 0.5) is 15.8 Å². The summed E-state index contributed by atoms with van der Waals surface area (Å²) in [6.45, 7) is 3.75. The molecule has 2 N–H and O–H groups in total. The minimum absolute atomic E-state index is 0.0624. The maximum Gasteiger partial charge on any atom is 0.233 e. The van der Waals surface area contributed by atoms with Crippen LogP contribution in [-0.2, 0) is 9.59 Å². The molecule has 2 rings (SSSR count). The number of rotatable bonds is 4. The average Bonchev–Trinajstić information content (AvgIpc) is 2.45. The molecule has 0 radical (unpaired) electrons. The van der Waals surface area contributed by atoms with Gasteiger partial charge >= 0.3 is 0 Å². The molecule has 0 bridgehead atoms. The summed E-state index contributed by atoms with van der Waals surface area (Å²) < 4.78 is 13.4. The molecule has 2 aromatic rings. The molecule has 0 saturated heterocycles. The second-order valence-corrected chi connectivity index (χ2v) is 5.02. The Morgan fingerprint density at radius 3 is 2.14 bits per heavy atom. The van der Waals surface area contributed by atoms with E-state index in [1.165, 1.54) is 18.2 Å². The lowest BCUT2D eigenvalue weighted by Crippen LogP contribution is -2.22. The Labute approximate surface area is 128 Å². The fourth-order valence-electron chi connectivity index (χ4n) is 2.10. The molecule has 0 atom stereocenters. The molecule has 0 aliphatic heterocycles. The number of hydrogen-bond donors (Lipinski definition) is 2. The first-order valence-corrected chi connectivity index (χ1v) is 6.88. The molecule has 0 heterocycles. The maximum absolute atomic E-state index is 13.4. The highest BCUT2D eigenvalue weighted by Crippen LogP contribution is 2.19. The normalized spacial score (nSPS) is 10.1. The number of amides is 2. The molecule has 0 aromatic heterocycles. The zero-order valence-corrected chi connectivity index (χ0v) is 12.4. The predicted molar refractivity (Wildman–Crippen MR) is 84.2 cm³/mol. The van der Waals surface area contributed by atoms with Crippen molar-refractivity contribution in [1.82, 2.24) is 0 Å². The number of halogens is 1. The van der Waals surface area contributed by atoms with Crippen LogP contribution < -0.4 is 10.6 Å². The zero-order valence-electron chi connectivity index (χ0n) is 12.4. The number of nitrogens with one attached hydrogen (secondary N) is 2. The summed E-state index contributed by atoms with van der Waals surface area (Å²) in [6.07, 6.45) is -0.373. The summed E-state index contributed by atoms with van der Waals surface area (Å²) in [5, 5.41) is 5.10. The molecule has 0 fully saturated rings. The van der Waals surface area contributed by atoms with Gasteiger partial charge in [-0.15, -0.1) is 0 Å². The Kier molecular flexibility index (Phi) is 4.88. The molecule has 4 nitrogen and oxygen atoms in total. The Morgan fingerprint density at radius 2 is 1.50 bits per heavy atom. The fourth-order valence-corrected chi connectivity index (χ4v) is 2.10. The van der Waals surface area contributed by atoms with Crippen molar-refractivity contribution in [3.63, 3.8) is 0 Å². The molecule has 114 valence electrons. The van der Waals surface area contributed by atoms with Gasteiger partial charge in [-0.3, -0.25) is 9.59 Å². The van der Waals surface area contributed by atoms with Crippen LogP contribution in [0.25, 0.3) is 0 Å². The summed E-state index contributed by atoms with van der Waals surface area (Å²) in [4.78, 5) is 23.7. The molecular formula is C17H17FN2O2. The first-order valence-electron chi connectivity index (χ1n) is 6.88. The van der Waals surface area contributed by atoms with Gasteiger partial charge in [-0.1, -0.05) is 30.3 Å². The van der Waals surface area contributed by atoms with Crippen molar-refractivity contribution in [3.8, 4) is 0 Å². The van der Waals surface area contributed by atoms with Crippen molar-refractivity contribution in [2.24, 2.45) is 0 Å². The molecule has 0 unspecified atom stereocenters. The van der Waals surface area contributed by atoms with Crippen molar-refractivity contribution in [2.75, 3.05) is 10.6 Å². The van der Waals surface area contributed by atoms with Gasteiger partial charge in [0.25, 0.3) is 0 Å². The van der Waals surface area contributed by atoms with Crippen molar-refractivity contribution in [1.29, 1.82) is 0 Å². The van der Waals surface area contributed by atoms with Gasteiger partial charge in [0.2, 0.25) is 11.8 Å². The van der Waals surface area contributed by atoms with Crippen LogP contribution in [0.5, 0.6) is 0 Å². The predicted octanol–water partition coefficient (Wildman–Crippen LogP) is 3.41. The monoisotopic (exact) mass is 300 g/mol. The quantitative estimate of drug-likeness (QED) is 0.850. The van der Waals surface area contributed by atoms with Crippen LogP contribution in [0.1, 0.15) is 17.5 Å². The van der Waals surface area contributed by atoms with Gasteiger partial charge in [-0.2, -0.15) is 0 Å². The first-order chi connectivity index (χ1) is 10.5. The third kappa shape index (κ3) is 3.91. The zero-order chi connectivity index (χ0) is 16.1. The topological polar surface area (TPSA) is 58.2 Å². The number of carbonyl (C=O) groups excluding carboxylic acids is 2. The van der Waals surface area contributed by atoms with E-state index in [-0.39, 0.29) is 12.1 Å². The molecule has 0 saturated carbocycles. The third-order valence-corrected chi connectivity index (χ3v) is 3.21. The van der Waals surface area contributed by atoms with Gasteiger partial charge in [0.05, 0.1) is 5.69 Å². The smallest absolute Gasteiger partial charge is 0.233 e. The Morgan fingerprint density at radius 1 is 0.909 bits per heavy atom. The van der Waals surface area contributed by atoms with Crippen LogP contribution in [0.3, 0.4) is 0 Å². The lowest BCUT2D eigenvalue weighted by atomic mass is 10.1. The van der Waals surface area contributed by atoms with Crippen molar-refractivity contribution in [3.05, 3.63) is 59.4 Å². The van der Waals surface area contributed by atoms with Crippen LogP contribution >= 0.6 is 0 Å². The standard InChI is InChI=1S/C17H17FN2O2/c1-11-6-5-7-12(2)17(11)20-16(22)10-15(21)19-14-9-4-3-8-13(14)18/h3-9H,10H2,1-2H3,(H,19,21)(H,20,22). The van der Waals surface area contributed by atoms with E-state index >= 15 is 0 Å². The highest BCUT2D eigenvalue weighted by molar-refractivity contribution is 6.08. The van der Waals surface area contributed by atoms with E-state index in [0.29, 0.717) is 5.69 Å². The Bertz CT molecular complexity index is 693. The number of benzene rings is 2. The van der Waals surface area contributed by atoms with Crippen molar-refractivity contribution < 1.29 is 14.0 Å². The first kappa shape index (κ1) is 15.7. The van der Waals surface area contributed by atoms with Crippen LogP contribution in [0.15, 0.2) is 42.5 Å². The van der Waals surface area contributed by atoms with Gasteiger partial charge in [-0.25, -0.2) is 4.39 Å². The van der Waals surface area contributed by atoms with Gasteiger partial charge in [-0.05, 0) is 37.1 Å². The lowest BCUT2D eigenvalue weighted by molar-refractivity contribution is -0.123. The van der Waals surface area contributed by atoms with Crippen molar-refractivity contribution in [2.45, 2.75) is 20.3 Å². The number of para-hydroxylation sites is 2. The van der Waals surface area contributed by atoms with Gasteiger partial charge in [0.1, 0.15) is 12.2 Å². The second kappa shape index (κ2) is 6.85. The molecule has 5 heteroatoms. The van der Waals surface area contributed by atoms with Gasteiger partial charge in [0.15, 0.2) is 0 Å². The van der Waals surface area contributed by atoms with Crippen LogP contribution in [0, 0.1) is 19.7 Å². The molecule has 0 spiro atoms. The molecule has 0 aliphatic rings. The van der Waals surface area contributed by atoms with E-state index in [4.69, 9.17) is 0 Å². The van der Waals surface area contributed by atoms with E-state index in [9.17, 15) is 14.0 Å². The van der Waals surface area contributed by atoms with Gasteiger partial charge in [0, 0.05) is 5.69 Å². The largest absolute Gasteiger partial charge is 0.325 e. The van der Waals surface area contributed by atoms with Gasteiger partial charge < -0.3 is 10.6 Å². The fraction of sp³-hybridized carbons (Fsp3) is 0.176.